The summed E-state index contributed by atoms with van der Waals surface area (Å²) in [7, 11) is -1.10. The summed E-state index contributed by atoms with van der Waals surface area (Å²) in [6.45, 7) is 7.47. The summed E-state index contributed by atoms with van der Waals surface area (Å²) in [4.78, 5) is 11.5. The lowest BCUT2D eigenvalue weighted by Crippen LogP contribution is -2.23. The molecule has 1 amide bonds. The summed E-state index contributed by atoms with van der Waals surface area (Å²) in [5, 5.41) is 4.14. The number of allylic oxidation sites excluding steroid dienone is 3. The third-order valence-corrected chi connectivity index (χ3v) is 4.34. The highest BCUT2D eigenvalue weighted by atomic mass is 32.2. The van der Waals surface area contributed by atoms with E-state index < -0.39 is 10.8 Å². The number of hydrogen-bond acceptors (Lipinski definition) is 3. The van der Waals surface area contributed by atoms with Crippen molar-refractivity contribution in [2.45, 2.75) is 40.0 Å². The Morgan fingerprint density at radius 3 is 2.48 bits per heavy atom. The second-order valence-corrected chi connectivity index (χ2v) is 7.94. The Hall–Kier alpha value is -2.14. The molecule has 0 radical (unpaired) electrons. The van der Waals surface area contributed by atoms with E-state index in [-0.39, 0.29) is 5.91 Å². The molecule has 0 saturated carbocycles. The first-order valence-corrected chi connectivity index (χ1v) is 10.8. The zero-order chi connectivity index (χ0) is 20.1. The van der Waals surface area contributed by atoms with Gasteiger partial charge in [-0.2, -0.15) is 0 Å². The van der Waals surface area contributed by atoms with Crippen LogP contribution in [0.5, 0.6) is 5.75 Å². The highest BCUT2D eigenvalue weighted by Crippen LogP contribution is 2.13. The molecule has 0 heterocycles. The maximum atomic E-state index is 11.5. The van der Waals surface area contributed by atoms with Crippen molar-refractivity contribution in [3.63, 3.8) is 0 Å². The van der Waals surface area contributed by atoms with Gasteiger partial charge in [0.05, 0.1) is 0 Å². The standard InChI is InChI=1S/C22H31NO3S/c1-18(2)6-5-7-19(3)13-16-26-21-10-8-20(9-11-21)12-15-23-22(24)14-17-27(4)25/h6,8-11,13-14,17H,5,7,12,15-16H2,1-4H3,(H,23,24)/b17-14+,19-13+. The number of carbonyl (C=O) groups is 1. The lowest BCUT2D eigenvalue weighted by Gasteiger charge is -2.07. The van der Waals surface area contributed by atoms with Gasteiger partial charge in [0.15, 0.2) is 0 Å². The Bertz CT molecular complexity index is 699. The third kappa shape index (κ3) is 12.0. The predicted octanol–water partition coefficient (Wildman–Crippen LogP) is 4.31. The summed E-state index contributed by atoms with van der Waals surface area (Å²) in [5.41, 5.74) is 3.81. The summed E-state index contributed by atoms with van der Waals surface area (Å²) in [5.74, 6) is 0.612. The maximum absolute atomic E-state index is 11.5. The van der Waals surface area contributed by atoms with Gasteiger partial charge in [-0.25, -0.2) is 0 Å². The molecule has 1 unspecified atom stereocenters. The Kier molecular flexibility index (Phi) is 11.1. The van der Waals surface area contributed by atoms with Gasteiger partial charge in [0.1, 0.15) is 12.4 Å². The molecule has 0 saturated heterocycles. The van der Waals surface area contributed by atoms with Crippen LogP contribution in [0.15, 0.2) is 59.0 Å². The van der Waals surface area contributed by atoms with Gasteiger partial charge in [-0.15, -0.1) is 0 Å². The topological polar surface area (TPSA) is 55.4 Å². The van der Waals surface area contributed by atoms with E-state index in [1.165, 1.54) is 28.9 Å². The smallest absolute Gasteiger partial charge is 0.244 e. The molecular formula is C22H31NO3S. The van der Waals surface area contributed by atoms with E-state index in [1.54, 1.807) is 0 Å². The van der Waals surface area contributed by atoms with Crippen molar-refractivity contribution < 1.29 is 13.7 Å². The normalized spacial score (nSPS) is 12.7. The zero-order valence-electron chi connectivity index (χ0n) is 16.8. The van der Waals surface area contributed by atoms with Crippen molar-refractivity contribution in [3.05, 3.63) is 64.6 Å². The van der Waals surface area contributed by atoms with Crippen molar-refractivity contribution in [1.82, 2.24) is 5.32 Å². The minimum atomic E-state index is -1.10. The highest BCUT2D eigenvalue weighted by Gasteiger charge is 1.98. The van der Waals surface area contributed by atoms with Gasteiger partial charge in [-0.3, -0.25) is 9.00 Å². The van der Waals surface area contributed by atoms with Crippen LogP contribution in [-0.2, 0) is 22.0 Å². The van der Waals surface area contributed by atoms with E-state index >= 15 is 0 Å². The van der Waals surface area contributed by atoms with E-state index in [0.717, 1.165) is 30.6 Å². The maximum Gasteiger partial charge on any atom is 0.244 e. The first kappa shape index (κ1) is 22.9. The molecule has 1 rings (SSSR count). The Morgan fingerprint density at radius 2 is 1.85 bits per heavy atom. The van der Waals surface area contributed by atoms with Gasteiger partial charge < -0.3 is 10.1 Å². The number of hydrogen-bond donors (Lipinski definition) is 1. The van der Waals surface area contributed by atoms with Crippen molar-refractivity contribution in [3.8, 4) is 5.75 Å². The van der Waals surface area contributed by atoms with Gasteiger partial charge >= 0.3 is 0 Å². The molecule has 1 aromatic rings. The lowest BCUT2D eigenvalue weighted by molar-refractivity contribution is -0.116. The Balaban J connectivity index is 2.32. The quantitative estimate of drug-likeness (QED) is 0.453. The Labute approximate surface area is 165 Å². The first-order chi connectivity index (χ1) is 12.9. The summed E-state index contributed by atoms with van der Waals surface area (Å²) in [6.07, 6.45) is 10.1. The fourth-order valence-corrected chi connectivity index (χ4v) is 2.58. The van der Waals surface area contributed by atoms with Crippen LogP contribution in [0.25, 0.3) is 0 Å². The number of carbonyl (C=O) groups excluding carboxylic acids is 1. The zero-order valence-corrected chi connectivity index (χ0v) is 17.6. The highest BCUT2D eigenvalue weighted by molar-refractivity contribution is 7.87. The number of rotatable bonds is 11. The van der Waals surface area contributed by atoms with Crippen molar-refractivity contribution in [2.75, 3.05) is 19.4 Å². The number of benzene rings is 1. The van der Waals surface area contributed by atoms with Crippen molar-refractivity contribution >= 4 is 16.7 Å². The largest absolute Gasteiger partial charge is 0.490 e. The lowest BCUT2D eigenvalue weighted by atomic mass is 10.1. The van der Waals surface area contributed by atoms with Crippen LogP contribution in [0, 0.1) is 0 Å². The minimum Gasteiger partial charge on any atom is -0.490 e. The molecule has 1 N–H and O–H groups in total. The van der Waals surface area contributed by atoms with Crippen molar-refractivity contribution in [1.29, 1.82) is 0 Å². The molecule has 0 aliphatic heterocycles. The average Bonchev–Trinajstić information content (AvgIpc) is 2.61. The van der Waals surface area contributed by atoms with E-state index in [2.05, 4.69) is 38.2 Å². The van der Waals surface area contributed by atoms with Crippen LogP contribution in [0.2, 0.25) is 0 Å². The van der Waals surface area contributed by atoms with Crippen LogP contribution in [0.4, 0.5) is 0 Å². The van der Waals surface area contributed by atoms with E-state index in [1.807, 2.05) is 24.3 Å². The molecule has 0 fully saturated rings. The summed E-state index contributed by atoms with van der Waals surface area (Å²) < 4.78 is 16.6. The molecule has 0 bridgehead atoms. The van der Waals surface area contributed by atoms with Gasteiger partial charge in [-0.1, -0.05) is 29.4 Å². The molecule has 0 aliphatic rings. The number of nitrogens with one attached hydrogen (secondary N) is 1. The minimum absolute atomic E-state index is 0.225. The second kappa shape index (κ2) is 13.1. The van der Waals surface area contributed by atoms with E-state index in [9.17, 15) is 9.00 Å². The van der Waals surface area contributed by atoms with Gasteiger partial charge in [0, 0.05) is 35.1 Å². The molecule has 5 heteroatoms. The molecule has 0 aliphatic carbocycles. The van der Waals surface area contributed by atoms with E-state index in [4.69, 9.17) is 4.74 Å². The molecule has 1 atom stereocenters. The fraction of sp³-hybridized carbons (Fsp3) is 0.409. The van der Waals surface area contributed by atoms with Crippen LogP contribution in [-0.4, -0.2) is 29.5 Å². The molecule has 27 heavy (non-hydrogen) atoms. The number of amides is 1. The summed E-state index contributed by atoms with van der Waals surface area (Å²) >= 11 is 0. The molecule has 0 spiro atoms. The summed E-state index contributed by atoms with van der Waals surface area (Å²) in [6, 6.07) is 7.90. The van der Waals surface area contributed by atoms with Crippen LogP contribution < -0.4 is 10.1 Å². The third-order valence-electron chi connectivity index (χ3n) is 3.82. The van der Waals surface area contributed by atoms with Gasteiger partial charge in [0.2, 0.25) is 5.91 Å². The average molecular weight is 390 g/mol. The van der Waals surface area contributed by atoms with Crippen LogP contribution in [0.1, 0.15) is 39.2 Å². The molecule has 4 nitrogen and oxygen atoms in total. The SMILES string of the molecule is CC(C)=CCC/C(C)=C/COc1ccc(CCNC(=O)/C=C/S(C)=O)cc1. The Morgan fingerprint density at radius 1 is 1.15 bits per heavy atom. The fourth-order valence-electron chi connectivity index (χ4n) is 2.27. The van der Waals surface area contributed by atoms with Gasteiger partial charge in [0.25, 0.3) is 0 Å². The molecule has 0 aromatic heterocycles. The van der Waals surface area contributed by atoms with Crippen LogP contribution in [0.3, 0.4) is 0 Å². The first-order valence-electron chi connectivity index (χ1n) is 9.16. The van der Waals surface area contributed by atoms with Gasteiger partial charge in [-0.05, 0) is 63.8 Å². The molecule has 148 valence electrons. The molecule has 1 aromatic carbocycles. The van der Waals surface area contributed by atoms with Crippen LogP contribution >= 0.6 is 0 Å². The monoisotopic (exact) mass is 389 g/mol. The predicted molar refractivity (Wildman–Crippen MR) is 114 cm³/mol. The van der Waals surface area contributed by atoms with Crippen molar-refractivity contribution in [2.24, 2.45) is 0 Å². The second-order valence-electron chi connectivity index (χ2n) is 6.67. The molecular weight excluding hydrogens is 358 g/mol. The van der Waals surface area contributed by atoms with E-state index in [0.29, 0.717) is 13.2 Å². The number of ether oxygens (including phenoxy) is 1.